The molecule has 0 spiro atoms. The van der Waals surface area contributed by atoms with Gasteiger partial charge in [0.2, 0.25) is 0 Å². The van der Waals surface area contributed by atoms with Gasteiger partial charge in [-0.15, -0.1) is 0 Å². The van der Waals surface area contributed by atoms with E-state index < -0.39 is 0 Å². The molecule has 172 valence electrons. The minimum absolute atomic E-state index is 0.141. The number of H-pyrrole nitrogens is 1. The molecule has 0 unspecified atom stereocenters. The van der Waals surface area contributed by atoms with Crippen molar-refractivity contribution in [3.05, 3.63) is 58.6 Å². The van der Waals surface area contributed by atoms with E-state index in [9.17, 15) is 4.79 Å². The quantitative estimate of drug-likeness (QED) is 0.463. The topological polar surface area (TPSA) is 72.4 Å². The molecule has 5 rings (SSSR count). The second kappa shape index (κ2) is 8.32. The molecule has 1 aliphatic carbocycles. The zero-order valence-corrected chi connectivity index (χ0v) is 19.6. The lowest BCUT2D eigenvalue weighted by atomic mass is 9.74. The second-order valence-electron chi connectivity index (χ2n) is 9.15. The third kappa shape index (κ3) is 3.71. The first-order chi connectivity index (χ1) is 15.9. The maximum absolute atomic E-state index is 12.2. The summed E-state index contributed by atoms with van der Waals surface area (Å²) in [5, 5.41) is 0.931. The van der Waals surface area contributed by atoms with Crippen LogP contribution in [0.15, 0.2) is 47.4 Å². The predicted molar refractivity (Wildman–Crippen MR) is 131 cm³/mol. The highest BCUT2D eigenvalue weighted by molar-refractivity contribution is 6.03. The van der Waals surface area contributed by atoms with E-state index in [1.807, 2.05) is 20.2 Å². The summed E-state index contributed by atoms with van der Waals surface area (Å²) in [6.45, 7) is 1.48. The molecule has 7 nitrogen and oxygen atoms in total. The van der Waals surface area contributed by atoms with Crippen LogP contribution in [0.25, 0.3) is 33.1 Å². The fourth-order valence-electron chi connectivity index (χ4n) is 4.66. The number of aromatic amines is 1. The van der Waals surface area contributed by atoms with Crippen LogP contribution in [0.4, 0.5) is 0 Å². The number of rotatable bonds is 7. The molecule has 1 aliphatic rings. The van der Waals surface area contributed by atoms with Gasteiger partial charge >= 0.3 is 5.69 Å². The van der Waals surface area contributed by atoms with Gasteiger partial charge in [-0.1, -0.05) is 12.1 Å². The molecule has 0 atom stereocenters. The molecule has 2 aromatic heterocycles. The molecule has 1 N–H and O–H groups in total. The van der Waals surface area contributed by atoms with Gasteiger partial charge in [-0.2, -0.15) is 0 Å². The number of aryl methyl sites for hydroxylation is 1. The summed E-state index contributed by atoms with van der Waals surface area (Å²) < 4.78 is 13.8. The normalized spacial score (nSPS) is 15.3. The van der Waals surface area contributed by atoms with Gasteiger partial charge in [0.15, 0.2) is 0 Å². The molecule has 1 saturated carbocycles. The Kier molecular flexibility index (Phi) is 5.46. The van der Waals surface area contributed by atoms with Crippen LogP contribution in [-0.2, 0) is 17.4 Å². The van der Waals surface area contributed by atoms with Crippen molar-refractivity contribution in [3.8, 4) is 16.9 Å². The molecule has 2 aromatic carbocycles. The number of nitrogens with zero attached hydrogens (tertiary/aromatic N) is 3. The lowest BCUT2D eigenvalue weighted by Crippen LogP contribution is -2.36. The standard InChI is InChI=1S/C26H30N4O3/c1-29(2)12-13-33-23-9-7-18(15-20(23)26(32-4)10-5-11-26)17-6-8-21-19(14-17)24-22(16-27-21)30(3)25(31)28-24/h6-9,14-16H,5,10-13H2,1-4H3,(H,28,31)/i18+1. The van der Waals surface area contributed by atoms with Crippen LogP contribution < -0.4 is 10.4 Å². The Morgan fingerprint density at radius 2 is 1.91 bits per heavy atom. The van der Waals surface area contributed by atoms with E-state index in [2.05, 4.69) is 45.2 Å². The molecule has 33 heavy (non-hydrogen) atoms. The molecule has 2 heterocycles. The summed E-state index contributed by atoms with van der Waals surface area (Å²) in [6.07, 6.45) is 4.87. The fraction of sp³-hybridized carbons (Fsp3) is 0.385. The first kappa shape index (κ1) is 21.7. The van der Waals surface area contributed by atoms with Crippen molar-refractivity contribution >= 4 is 21.9 Å². The summed E-state index contributed by atoms with van der Waals surface area (Å²) in [4.78, 5) is 21.8. The Labute approximate surface area is 193 Å². The smallest absolute Gasteiger partial charge is 0.326 e. The van der Waals surface area contributed by atoms with E-state index in [4.69, 9.17) is 9.47 Å². The summed E-state index contributed by atoms with van der Waals surface area (Å²) in [5.74, 6) is 0.888. The number of hydrogen-bond donors (Lipinski definition) is 1. The minimum atomic E-state index is -0.292. The summed E-state index contributed by atoms with van der Waals surface area (Å²) in [7, 11) is 7.63. The van der Waals surface area contributed by atoms with Crippen molar-refractivity contribution in [1.82, 2.24) is 19.4 Å². The van der Waals surface area contributed by atoms with Crippen LogP contribution in [0.5, 0.6) is 5.75 Å². The van der Waals surface area contributed by atoms with E-state index in [-0.39, 0.29) is 11.3 Å². The average molecular weight is 448 g/mol. The third-order valence-electron chi connectivity index (χ3n) is 6.90. The molecule has 0 aliphatic heterocycles. The van der Waals surface area contributed by atoms with E-state index in [1.165, 1.54) is 0 Å². The van der Waals surface area contributed by atoms with Crippen molar-refractivity contribution in [2.24, 2.45) is 7.05 Å². The van der Waals surface area contributed by atoms with Crippen LogP contribution in [0, 0.1) is 0 Å². The number of hydrogen-bond acceptors (Lipinski definition) is 5. The first-order valence-electron chi connectivity index (χ1n) is 11.4. The number of methoxy groups -OCH3 is 1. The molecule has 7 heteroatoms. The molecule has 0 amide bonds. The number of fused-ring (bicyclic) bond motifs is 3. The Hall–Kier alpha value is -3.16. The zero-order valence-electron chi connectivity index (χ0n) is 19.6. The van der Waals surface area contributed by atoms with Gasteiger partial charge < -0.3 is 19.4 Å². The zero-order chi connectivity index (χ0) is 23.2. The van der Waals surface area contributed by atoms with Crippen LogP contribution in [0.1, 0.15) is 24.8 Å². The van der Waals surface area contributed by atoms with Gasteiger partial charge in [0.25, 0.3) is 0 Å². The molecular weight excluding hydrogens is 417 g/mol. The molecule has 0 saturated heterocycles. The maximum atomic E-state index is 12.2. The SMILES string of the molecule is COC1(c2c[13c](-c3ccc4ncc5c([nH]c(=O)n5C)c4c3)ccc2OCCN(C)C)CCC1. The Balaban J connectivity index is 1.60. The first-order valence-corrected chi connectivity index (χ1v) is 11.4. The Morgan fingerprint density at radius 3 is 2.61 bits per heavy atom. The van der Waals surface area contributed by atoms with E-state index in [0.717, 1.165) is 70.2 Å². The number of likely N-dealkylation sites (N-methyl/N-ethyl adjacent to an activating group) is 1. The predicted octanol–water partition coefficient (Wildman–Crippen LogP) is 4.05. The average Bonchev–Trinajstić information content (AvgIpc) is 3.08. The van der Waals surface area contributed by atoms with Crippen molar-refractivity contribution in [1.29, 1.82) is 0 Å². The van der Waals surface area contributed by atoms with Crippen LogP contribution >= 0.6 is 0 Å². The largest absolute Gasteiger partial charge is 0.492 e. The van der Waals surface area contributed by atoms with E-state index in [0.29, 0.717) is 6.61 Å². The molecular formula is C26H30N4O3. The molecule has 1 fully saturated rings. The molecule has 0 bridgehead atoms. The lowest BCUT2D eigenvalue weighted by molar-refractivity contribution is -0.0794. The number of pyridine rings is 1. The van der Waals surface area contributed by atoms with E-state index >= 15 is 0 Å². The third-order valence-corrected chi connectivity index (χ3v) is 6.90. The highest BCUT2D eigenvalue weighted by Crippen LogP contribution is 2.48. The van der Waals surface area contributed by atoms with Crippen molar-refractivity contribution in [2.45, 2.75) is 24.9 Å². The summed E-state index contributed by atoms with van der Waals surface area (Å²) in [6, 6.07) is 12.6. The van der Waals surface area contributed by atoms with Crippen molar-refractivity contribution in [2.75, 3.05) is 34.4 Å². The van der Waals surface area contributed by atoms with Gasteiger partial charge in [0.1, 0.15) is 12.4 Å². The monoisotopic (exact) mass is 447 g/mol. The van der Waals surface area contributed by atoms with Gasteiger partial charge in [-0.25, -0.2) is 4.79 Å². The Morgan fingerprint density at radius 1 is 1.15 bits per heavy atom. The van der Waals surface area contributed by atoms with Gasteiger partial charge in [-0.3, -0.25) is 9.55 Å². The molecule has 0 radical (unpaired) electrons. The van der Waals surface area contributed by atoms with Crippen LogP contribution in [0.3, 0.4) is 0 Å². The summed E-state index contributed by atoms with van der Waals surface area (Å²) in [5.41, 5.74) is 5.28. The number of aromatic nitrogens is 3. The number of ether oxygens (including phenoxy) is 2. The van der Waals surface area contributed by atoms with Gasteiger partial charge in [0, 0.05) is 31.7 Å². The fourth-order valence-corrected chi connectivity index (χ4v) is 4.66. The van der Waals surface area contributed by atoms with Gasteiger partial charge in [0.05, 0.1) is 28.3 Å². The number of imidazole rings is 1. The van der Waals surface area contributed by atoms with E-state index in [1.54, 1.807) is 24.9 Å². The van der Waals surface area contributed by atoms with Crippen LogP contribution in [0.2, 0.25) is 0 Å². The summed E-state index contributed by atoms with van der Waals surface area (Å²) >= 11 is 0. The molecule has 4 aromatic rings. The minimum Gasteiger partial charge on any atom is -0.492 e. The van der Waals surface area contributed by atoms with Gasteiger partial charge in [-0.05, 0) is 68.8 Å². The highest BCUT2D eigenvalue weighted by atomic mass is 16.5. The van der Waals surface area contributed by atoms with Crippen molar-refractivity contribution in [3.63, 3.8) is 0 Å². The Bertz CT molecular complexity index is 1380. The lowest BCUT2D eigenvalue weighted by Gasteiger charge is -2.42. The number of nitrogens with one attached hydrogen (secondary N) is 1. The number of benzene rings is 2. The van der Waals surface area contributed by atoms with Crippen molar-refractivity contribution < 1.29 is 9.47 Å². The maximum Gasteiger partial charge on any atom is 0.326 e. The van der Waals surface area contributed by atoms with Crippen LogP contribution in [-0.4, -0.2) is 53.8 Å². The second-order valence-corrected chi connectivity index (χ2v) is 9.15. The highest BCUT2D eigenvalue weighted by Gasteiger charge is 2.41.